The molecule has 0 aromatic heterocycles. The predicted molar refractivity (Wildman–Crippen MR) is 120 cm³/mol. The van der Waals surface area contributed by atoms with E-state index in [4.69, 9.17) is 14.9 Å². The van der Waals surface area contributed by atoms with Crippen molar-refractivity contribution in [2.45, 2.75) is 46.5 Å². The quantitative estimate of drug-likeness (QED) is 0.298. The van der Waals surface area contributed by atoms with Crippen molar-refractivity contribution in [2.75, 3.05) is 6.61 Å². The van der Waals surface area contributed by atoms with Crippen molar-refractivity contribution in [3.8, 4) is 0 Å². The van der Waals surface area contributed by atoms with Crippen molar-refractivity contribution in [1.29, 1.82) is 0 Å². The first kappa shape index (κ1) is 27.1. The maximum Gasteiger partial charge on any atom is 0.373 e. The molecule has 0 radical (unpaired) electrons. The van der Waals surface area contributed by atoms with Crippen LogP contribution in [0.4, 0.5) is 0 Å². The fourth-order valence-corrected chi connectivity index (χ4v) is 2.24. The Bertz CT molecular complexity index is 698. The summed E-state index contributed by atoms with van der Waals surface area (Å²) in [6, 6.07) is 19.1. The molecule has 5 nitrogen and oxygen atoms in total. The maximum atomic E-state index is 11.6. The van der Waals surface area contributed by atoms with E-state index in [0.29, 0.717) is 18.1 Å². The van der Waals surface area contributed by atoms with E-state index >= 15 is 0 Å². The molecule has 2 rings (SSSR count). The number of rotatable bonds is 9. The van der Waals surface area contributed by atoms with Crippen molar-refractivity contribution in [3.05, 3.63) is 84.4 Å². The SMILES string of the molecule is C=CC(=O)O.CCCCC(CC)COOC(=O)c1ccccc1.Cc1ccccc1. The summed E-state index contributed by atoms with van der Waals surface area (Å²) in [6.07, 6.45) is 5.37. The number of hydrogen-bond acceptors (Lipinski definition) is 4. The molecule has 2 aromatic carbocycles. The van der Waals surface area contributed by atoms with Crippen LogP contribution in [0, 0.1) is 12.8 Å². The van der Waals surface area contributed by atoms with E-state index in [1.807, 2.05) is 24.3 Å². The third-order valence-electron chi connectivity index (χ3n) is 4.11. The van der Waals surface area contributed by atoms with Gasteiger partial charge in [-0.3, -0.25) is 4.89 Å². The normalized spacial score (nSPS) is 10.4. The first-order valence-electron chi connectivity index (χ1n) is 10.2. The van der Waals surface area contributed by atoms with Crippen LogP contribution in [0.1, 0.15) is 55.5 Å². The molecule has 5 heteroatoms. The zero-order valence-electron chi connectivity index (χ0n) is 18.3. The Morgan fingerprint density at radius 1 is 1.03 bits per heavy atom. The molecule has 1 N–H and O–H groups in total. The molecule has 30 heavy (non-hydrogen) atoms. The fraction of sp³-hybridized carbons (Fsp3) is 0.360. The molecule has 0 amide bonds. The lowest BCUT2D eigenvalue weighted by Gasteiger charge is -2.13. The molecule has 0 saturated heterocycles. The Morgan fingerprint density at radius 3 is 1.97 bits per heavy atom. The van der Waals surface area contributed by atoms with Crippen LogP contribution in [0.25, 0.3) is 0 Å². The summed E-state index contributed by atoms with van der Waals surface area (Å²) in [5.74, 6) is -0.945. The molecule has 0 spiro atoms. The highest BCUT2D eigenvalue weighted by atomic mass is 17.2. The van der Waals surface area contributed by atoms with Gasteiger partial charge in [0.05, 0.1) is 12.2 Å². The minimum atomic E-state index is -0.981. The standard InChI is InChI=1S/C15H22O3.C7H8.C3H4O2/c1-3-5-9-13(4-2)12-17-18-15(16)14-10-7-6-8-11-14;1-7-5-3-2-4-6-7;1-2-3(4)5/h6-8,10-11,13H,3-5,9,12H2,1-2H3;2-6H,1H3;2H,1H2,(H,4,5). The molecular formula is C25H34O5. The summed E-state index contributed by atoms with van der Waals surface area (Å²) in [6.45, 7) is 9.82. The van der Waals surface area contributed by atoms with Gasteiger partial charge in [0.2, 0.25) is 0 Å². The number of benzene rings is 2. The van der Waals surface area contributed by atoms with E-state index in [2.05, 4.69) is 39.5 Å². The van der Waals surface area contributed by atoms with Gasteiger partial charge in [0, 0.05) is 6.08 Å². The van der Waals surface area contributed by atoms with Crippen LogP contribution in [0.5, 0.6) is 0 Å². The minimum Gasteiger partial charge on any atom is -0.478 e. The molecule has 1 atom stereocenters. The van der Waals surface area contributed by atoms with Gasteiger partial charge in [-0.15, -0.1) is 0 Å². The second-order valence-electron chi connectivity index (χ2n) is 6.63. The molecule has 1 unspecified atom stereocenters. The number of aryl methyl sites for hydroxylation is 1. The highest BCUT2D eigenvalue weighted by molar-refractivity contribution is 5.88. The molecule has 0 bridgehead atoms. The van der Waals surface area contributed by atoms with Crippen LogP contribution >= 0.6 is 0 Å². The van der Waals surface area contributed by atoms with Crippen LogP contribution in [0.15, 0.2) is 73.3 Å². The Hall–Kier alpha value is -2.92. The summed E-state index contributed by atoms with van der Waals surface area (Å²) in [5.41, 5.74) is 1.83. The van der Waals surface area contributed by atoms with Crippen molar-refractivity contribution in [3.63, 3.8) is 0 Å². The van der Waals surface area contributed by atoms with E-state index in [9.17, 15) is 9.59 Å². The van der Waals surface area contributed by atoms with E-state index in [1.54, 1.807) is 24.3 Å². The maximum absolute atomic E-state index is 11.6. The summed E-state index contributed by atoms with van der Waals surface area (Å²) in [5, 5.41) is 7.60. The molecule has 2 aromatic rings. The van der Waals surface area contributed by atoms with Gasteiger partial charge in [-0.2, -0.15) is 4.89 Å². The van der Waals surface area contributed by atoms with Gasteiger partial charge in [0.1, 0.15) is 0 Å². The topological polar surface area (TPSA) is 72.8 Å². The zero-order valence-corrected chi connectivity index (χ0v) is 18.3. The number of carbonyl (C=O) groups is 2. The third-order valence-corrected chi connectivity index (χ3v) is 4.11. The molecule has 164 valence electrons. The first-order valence-corrected chi connectivity index (χ1v) is 10.2. The van der Waals surface area contributed by atoms with E-state index in [1.165, 1.54) is 18.4 Å². The minimum absolute atomic E-state index is 0.430. The van der Waals surface area contributed by atoms with Crippen LogP contribution in [0.2, 0.25) is 0 Å². The lowest BCUT2D eigenvalue weighted by atomic mass is 10.0. The Labute approximate surface area is 180 Å². The van der Waals surface area contributed by atoms with Crippen LogP contribution in [-0.4, -0.2) is 23.7 Å². The summed E-state index contributed by atoms with van der Waals surface area (Å²) >= 11 is 0. The number of hydrogen-bond donors (Lipinski definition) is 1. The highest BCUT2D eigenvalue weighted by Gasteiger charge is 2.10. The number of unbranched alkanes of at least 4 members (excludes halogenated alkanes) is 1. The molecule has 0 saturated carbocycles. The van der Waals surface area contributed by atoms with Gasteiger partial charge in [0.25, 0.3) is 0 Å². The second-order valence-corrected chi connectivity index (χ2v) is 6.63. The average Bonchev–Trinajstić information content (AvgIpc) is 2.78. The van der Waals surface area contributed by atoms with Gasteiger partial charge in [-0.25, -0.2) is 9.59 Å². The van der Waals surface area contributed by atoms with Gasteiger partial charge in [-0.1, -0.05) is 93.8 Å². The highest BCUT2D eigenvalue weighted by Crippen LogP contribution is 2.13. The summed E-state index contributed by atoms with van der Waals surface area (Å²) in [4.78, 5) is 30.7. The Kier molecular flexibility index (Phi) is 16.4. The zero-order chi connectivity index (χ0) is 22.6. The van der Waals surface area contributed by atoms with Gasteiger partial charge in [-0.05, 0) is 31.4 Å². The van der Waals surface area contributed by atoms with Gasteiger partial charge in [0.15, 0.2) is 0 Å². The second kappa shape index (κ2) is 18.1. The molecular weight excluding hydrogens is 380 g/mol. The largest absolute Gasteiger partial charge is 0.478 e. The number of aliphatic carboxylic acids is 1. The number of carboxylic acids is 1. The molecule has 0 fully saturated rings. The van der Waals surface area contributed by atoms with Crippen LogP contribution < -0.4 is 0 Å². The average molecular weight is 415 g/mol. The predicted octanol–water partition coefficient (Wildman–Crippen LogP) is 6.24. The summed E-state index contributed by atoms with van der Waals surface area (Å²) in [7, 11) is 0. The number of carboxylic acid groups (broad SMARTS) is 1. The smallest absolute Gasteiger partial charge is 0.373 e. The molecule has 0 aliphatic carbocycles. The molecule has 0 aliphatic rings. The molecule has 0 heterocycles. The van der Waals surface area contributed by atoms with Crippen molar-refractivity contribution in [1.82, 2.24) is 0 Å². The van der Waals surface area contributed by atoms with Crippen molar-refractivity contribution in [2.24, 2.45) is 5.92 Å². The lowest BCUT2D eigenvalue weighted by molar-refractivity contribution is -0.249. The number of carbonyl (C=O) groups excluding carboxylic acids is 1. The first-order chi connectivity index (χ1) is 14.4. The molecule has 0 aliphatic heterocycles. The van der Waals surface area contributed by atoms with E-state index in [-0.39, 0.29) is 0 Å². The summed E-state index contributed by atoms with van der Waals surface area (Å²) < 4.78 is 0. The van der Waals surface area contributed by atoms with Gasteiger partial charge >= 0.3 is 11.9 Å². The van der Waals surface area contributed by atoms with Crippen LogP contribution in [0.3, 0.4) is 0 Å². The fourth-order valence-electron chi connectivity index (χ4n) is 2.24. The van der Waals surface area contributed by atoms with Gasteiger partial charge < -0.3 is 5.11 Å². The Morgan fingerprint density at radius 2 is 1.57 bits per heavy atom. The lowest BCUT2D eigenvalue weighted by Crippen LogP contribution is -2.13. The van der Waals surface area contributed by atoms with Crippen molar-refractivity contribution >= 4 is 11.9 Å². The monoisotopic (exact) mass is 414 g/mol. The van der Waals surface area contributed by atoms with Crippen molar-refractivity contribution < 1.29 is 24.5 Å². The third kappa shape index (κ3) is 15.1. The Balaban J connectivity index is 0.000000570. The van der Waals surface area contributed by atoms with E-state index < -0.39 is 11.9 Å². The van der Waals surface area contributed by atoms with Crippen LogP contribution in [-0.2, 0) is 14.6 Å². The van der Waals surface area contributed by atoms with E-state index in [0.717, 1.165) is 18.9 Å².